The number of hydrogen-bond donors (Lipinski definition) is 1. The molecule has 0 aliphatic carbocycles. The van der Waals surface area contributed by atoms with Gasteiger partial charge < -0.3 is 14.9 Å². The number of benzene rings is 1. The number of carbonyl (C=O) groups excluding carboxylic acids is 1. The van der Waals surface area contributed by atoms with E-state index in [2.05, 4.69) is 47.1 Å². The predicted octanol–water partition coefficient (Wildman–Crippen LogP) is 3.12. The maximum Gasteiger partial charge on any atom is 0.490 e. The number of anilines is 1. The zero-order chi connectivity index (χ0) is 21.9. The number of nitrogens with zero attached hydrogens (tertiary/aromatic N) is 3. The molecule has 2 aliphatic rings. The Kier molecular flexibility index (Phi) is 6.28. The van der Waals surface area contributed by atoms with Crippen molar-refractivity contribution in [2.24, 2.45) is 11.8 Å². The number of likely N-dealkylation sites (tertiary alicyclic amines) is 1. The van der Waals surface area contributed by atoms with Crippen LogP contribution in [0.4, 0.5) is 18.9 Å². The van der Waals surface area contributed by atoms with E-state index >= 15 is 0 Å². The molecule has 0 radical (unpaired) electrons. The molecule has 1 aromatic carbocycles. The Bertz CT molecular complexity index is 905. The highest BCUT2D eigenvalue weighted by Crippen LogP contribution is 2.35. The predicted molar refractivity (Wildman–Crippen MR) is 104 cm³/mol. The summed E-state index contributed by atoms with van der Waals surface area (Å²) in [7, 11) is 0. The Labute approximate surface area is 171 Å². The van der Waals surface area contributed by atoms with Crippen molar-refractivity contribution in [2.75, 3.05) is 24.5 Å². The maximum absolute atomic E-state index is 12.7. The topological polar surface area (TPSA) is 73.7 Å². The quantitative estimate of drug-likeness (QED) is 0.825. The van der Waals surface area contributed by atoms with Gasteiger partial charge >= 0.3 is 12.1 Å². The van der Waals surface area contributed by atoms with Crippen molar-refractivity contribution in [3.05, 3.63) is 59.9 Å². The maximum atomic E-state index is 12.7. The van der Waals surface area contributed by atoms with Gasteiger partial charge in [-0.15, -0.1) is 0 Å². The second-order valence-electron chi connectivity index (χ2n) is 7.49. The molecule has 0 saturated carbocycles. The molecule has 2 atom stereocenters. The van der Waals surface area contributed by atoms with Crippen molar-refractivity contribution in [1.29, 1.82) is 0 Å². The Morgan fingerprint density at radius 1 is 1.20 bits per heavy atom. The van der Waals surface area contributed by atoms with Crippen molar-refractivity contribution in [3.63, 3.8) is 0 Å². The number of carboxylic acid groups (broad SMARTS) is 1. The minimum absolute atomic E-state index is 0.139. The highest BCUT2D eigenvalue weighted by Gasteiger charge is 2.46. The molecule has 1 amide bonds. The van der Waals surface area contributed by atoms with Crippen LogP contribution in [0, 0.1) is 18.8 Å². The summed E-state index contributed by atoms with van der Waals surface area (Å²) in [6.07, 6.45) is -1.41. The first-order valence-electron chi connectivity index (χ1n) is 9.44. The minimum Gasteiger partial charge on any atom is -0.475 e. The normalized spacial score (nSPS) is 20.6. The van der Waals surface area contributed by atoms with Gasteiger partial charge in [-0.2, -0.15) is 13.2 Å². The average molecular weight is 421 g/mol. The van der Waals surface area contributed by atoms with Gasteiger partial charge in [-0.25, -0.2) is 4.79 Å². The van der Waals surface area contributed by atoms with Gasteiger partial charge in [-0.3, -0.25) is 9.78 Å². The van der Waals surface area contributed by atoms with Gasteiger partial charge in [-0.05, 0) is 24.6 Å². The van der Waals surface area contributed by atoms with Crippen molar-refractivity contribution >= 4 is 17.6 Å². The smallest absolute Gasteiger partial charge is 0.475 e. The van der Waals surface area contributed by atoms with Gasteiger partial charge in [0.2, 0.25) is 5.91 Å². The summed E-state index contributed by atoms with van der Waals surface area (Å²) in [6.45, 7) is 5.47. The molecule has 160 valence electrons. The van der Waals surface area contributed by atoms with Crippen LogP contribution in [0.25, 0.3) is 0 Å². The monoisotopic (exact) mass is 421 g/mol. The van der Waals surface area contributed by atoms with Crippen molar-refractivity contribution in [1.82, 2.24) is 9.88 Å². The van der Waals surface area contributed by atoms with Crippen molar-refractivity contribution < 1.29 is 27.9 Å². The first kappa shape index (κ1) is 21.6. The minimum atomic E-state index is -5.08. The van der Waals surface area contributed by atoms with Crippen LogP contribution in [-0.2, 0) is 16.1 Å². The van der Waals surface area contributed by atoms with E-state index in [1.807, 2.05) is 17.2 Å². The van der Waals surface area contributed by atoms with E-state index in [-0.39, 0.29) is 5.92 Å². The molecule has 0 bridgehead atoms. The third kappa shape index (κ3) is 5.08. The summed E-state index contributed by atoms with van der Waals surface area (Å²) in [5, 5.41) is 7.12. The second-order valence-corrected chi connectivity index (χ2v) is 7.49. The lowest BCUT2D eigenvalue weighted by atomic mass is 10.0. The van der Waals surface area contributed by atoms with Crippen LogP contribution in [0.5, 0.6) is 0 Å². The molecular weight excluding hydrogens is 399 g/mol. The van der Waals surface area contributed by atoms with Gasteiger partial charge in [-0.1, -0.05) is 29.8 Å². The first-order chi connectivity index (χ1) is 14.1. The summed E-state index contributed by atoms with van der Waals surface area (Å²) in [6, 6.07) is 12.5. The fourth-order valence-electron chi connectivity index (χ4n) is 3.87. The molecule has 3 heterocycles. The molecule has 4 rings (SSSR count). The Balaban J connectivity index is 0.000000318. The van der Waals surface area contributed by atoms with Crippen LogP contribution in [0.1, 0.15) is 11.1 Å². The summed E-state index contributed by atoms with van der Waals surface area (Å²) in [5.41, 5.74) is 3.60. The molecule has 2 saturated heterocycles. The fourth-order valence-corrected chi connectivity index (χ4v) is 3.87. The van der Waals surface area contributed by atoms with E-state index in [1.165, 1.54) is 11.1 Å². The number of aryl methyl sites for hydroxylation is 1. The first-order valence-corrected chi connectivity index (χ1v) is 9.44. The van der Waals surface area contributed by atoms with Gasteiger partial charge in [0.05, 0.1) is 17.8 Å². The molecule has 9 heteroatoms. The third-order valence-electron chi connectivity index (χ3n) is 5.23. The van der Waals surface area contributed by atoms with Crippen LogP contribution in [-0.4, -0.2) is 52.7 Å². The highest BCUT2D eigenvalue weighted by atomic mass is 19.4. The largest absolute Gasteiger partial charge is 0.490 e. The zero-order valence-electron chi connectivity index (χ0n) is 16.3. The fraction of sp³-hybridized carbons (Fsp3) is 0.381. The lowest BCUT2D eigenvalue weighted by molar-refractivity contribution is -0.192. The SMILES string of the molecule is Cc1cccc(CN2C[C@@H]3CN(c4cccnc4)C[C@@H]3C2=O)c1.O=C(O)C(F)(F)F. The van der Waals surface area contributed by atoms with Crippen LogP contribution in [0.3, 0.4) is 0 Å². The van der Waals surface area contributed by atoms with E-state index in [1.54, 1.807) is 6.20 Å². The number of halogens is 3. The number of pyridine rings is 1. The Hall–Kier alpha value is -3.10. The third-order valence-corrected chi connectivity index (χ3v) is 5.23. The van der Waals surface area contributed by atoms with E-state index in [0.29, 0.717) is 11.8 Å². The number of aliphatic carboxylic acids is 1. The van der Waals surface area contributed by atoms with Crippen molar-refractivity contribution in [3.8, 4) is 0 Å². The molecule has 0 unspecified atom stereocenters. The molecule has 2 aromatic rings. The van der Waals surface area contributed by atoms with Gasteiger partial charge in [0.25, 0.3) is 0 Å². The van der Waals surface area contributed by atoms with Crippen LogP contribution in [0.15, 0.2) is 48.8 Å². The summed E-state index contributed by atoms with van der Waals surface area (Å²) < 4.78 is 31.7. The van der Waals surface area contributed by atoms with Gasteiger partial charge in [0, 0.05) is 38.3 Å². The number of amides is 1. The van der Waals surface area contributed by atoms with E-state index in [9.17, 15) is 18.0 Å². The lowest BCUT2D eigenvalue weighted by Gasteiger charge is -2.23. The molecule has 2 fully saturated rings. The number of aromatic nitrogens is 1. The molecule has 0 spiro atoms. The van der Waals surface area contributed by atoms with E-state index in [0.717, 1.165) is 31.9 Å². The van der Waals surface area contributed by atoms with Crippen LogP contribution in [0.2, 0.25) is 0 Å². The standard InChI is InChI=1S/C19H21N3O.C2HF3O2/c1-14-4-2-5-15(8-14)10-22-12-16-11-21(13-18(16)19(22)23)17-6-3-7-20-9-17;3-2(4,5)1(6)7/h2-9,16,18H,10-13H2,1H3;(H,6,7)/t16-,18-;/m0./s1. The molecule has 1 aromatic heterocycles. The molecule has 30 heavy (non-hydrogen) atoms. The molecule has 1 N–H and O–H groups in total. The number of hydrogen-bond acceptors (Lipinski definition) is 4. The Morgan fingerprint density at radius 2 is 1.93 bits per heavy atom. The number of carboxylic acids is 1. The van der Waals surface area contributed by atoms with Gasteiger partial charge in [0.1, 0.15) is 0 Å². The second kappa shape index (κ2) is 8.73. The highest BCUT2D eigenvalue weighted by molar-refractivity contribution is 5.83. The lowest BCUT2D eigenvalue weighted by Crippen LogP contribution is -2.32. The van der Waals surface area contributed by atoms with E-state index in [4.69, 9.17) is 9.90 Å². The van der Waals surface area contributed by atoms with Gasteiger partial charge in [0.15, 0.2) is 0 Å². The van der Waals surface area contributed by atoms with Crippen LogP contribution >= 0.6 is 0 Å². The summed E-state index contributed by atoms with van der Waals surface area (Å²) in [4.78, 5) is 30.1. The number of carbonyl (C=O) groups is 2. The molecule has 2 aliphatic heterocycles. The Morgan fingerprint density at radius 3 is 2.50 bits per heavy atom. The number of fused-ring (bicyclic) bond motifs is 1. The number of rotatable bonds is 3. The molecule has 6 nitrogen and oxygen atoms in total. The summed E-state index contributed by atoms with van der Waals surface area (Å²) in [5.74, 6) is -1.87. The number of alkyl halides is 3. The van der Waals surface area contributed by atoms with Crippen molar-refractivity contribution in [2.45, 2.75) is 19.6 Å². The molecular formula is C21H22F3N3O3. The zero-order valence-corrected chi connectivity index (χ0v) is 16.3. The van der Waals surface area contributed by atoms with E-state index < -0.39 is 12.1 Å². The summed E-state index contributed by atoms with van der Waals surface area (Å²) >= 11 is 0. The average Bonchev–Trinajstić information content (AvgIpc) is 3.22. The van der Waals surface area contributed by atoms with Crippen LogP contribution < -0.4 is 4.90 Å².